The molecule has 0 spiro atoms. The summed E-state index contributed by atoms with van der Waals surface area (Å²) in [6.45, 7) is 0. The van der Waals surface area contributed by atoms with Crippen molar-refractivity contribution in [1.29, 1.82) is 0 Å². The van der Waals surface area contributed by atoms with E-state index in [0.717, 1.165) is 5.02 Å². The lowest BCUT2D eigenvalue weighted by atomic mass is 10.4. The van der Waals surface area contributed by atoms with Crippen molar-refractivity contribution in [2.24, 2.45) is 0 Å². The van der Waals surface area contributed by atoms with Gasteiger partial charge in [0.2, 0.25) is 0 Å². The highest BCUT2D eigenvalue weighted by molar-refractivity contribution is 7.97. The van der Waals surface area contributed by atoms with Crippen LogP contribution in [-0.4, -0.2) is 0 Å². The summed E-state index contributed by atoms with van der Waals surface area (Å²) in [5, 5.41) is 0.776. The van der Waals surface area contributed by atoms with E-state index in [1.807, 2.05) is 12.1 Å². The van der Waals surface area contributed by atoms with E-state index >= 15 is 0 Å². The number of rotatable bonds is 6. The van der Waals surface area contributed by atoms with Gasteiger partial charge < -0.3 is 0 Å². The third kappa shape index (κ3) is 7.25. The lowest BCUT2D eigenvalue weighted by molar-refractivity contribution is 1.32. The molecule has 0 saturated heterocycles. The predicted molar refractivity (Wildman–Crippen MR) is 168 cm³/mol. The SMILES string of the molecule is Clc1ccc([S+](c2ccccc2)c2ccccc2)cc1.c1ccc([S+](c2ccccc2)c2ccccc2)cc1. The monoisotopic (exact) mass is 560 g/mol. The molecule has 0 nitrogen and oxygen atoms in total. The van der Waals surface area contributed by atoms with Gasteiger partial charge in [0, 0.05) is 5.02 Å². The minimum absolute atomic E-state index is 0.0146. The maximum absolute atomic E-state index is 6.01. The van der Waals surface area contributed by atoms with Crippen molar-refractivity contribution in [3.8, 4) is 0 Å². The molecule has 0 fully saturated rings. The third-order valence-electron chi connectivity index (χ3n) is 5.94. The van der Waals surface area contributed by atoms with Crippen LogP contribution in [0.5, 0.6) is 0 Å². The van der Waals surface area contributed by atoms with Crippen LogP contribution in [0.15, 0.2) is 205 Å². The Morgan fingerprint density at radius 3 is 0.692 bits per heavy atom. The molecule has 3 heteroatoms. The zero-order valence-corrected chi connectivity index (χ0v) is 23.8. The Morgan fingerprint density at radius 1 is 0.256 bits per heavy atom. The van der Waals surface area contributed by atoms with E-state index in [9.17, 15) is 0 Å². The van der Waals surface area contributed by atoms with E-state index < -0.39 is 0 Å². The number of hydrogen-bond acceptors (Lipinski definition) is 0. The van der Waals surface area contributed by atoms with Gasteiger partial charge in [-0.3, -0.25) is 0 Å². The van der Waals surface area contributed by atoms with Crippen molar-refractivity contribution < 1.29 is 0 Å². The fraction of sp³-hybridized carbons (Fsp3) is 0. The first-order valence-electron chi connectivity index (χ1n) is 12.8. The fourth-order valence-corrected chi connectivity index (χ4v) is 8.48. The molecule has 6 rings (SSSR count). The number of halogens is 1. The van der Waals surface area contributed by atoms with Gasteiger partial charge in [-0.15, -0.1) is 0 Å². The van der Waals surface area contributed by atoms with Crippen LogP contribution in [0.1, 0.15) is 0 Å². The van der Waals surface area contributed by atoms with Crippen molar-refractivity contribution >= 4 is 33.4 Å². The smallest absolute Gasteiger partial charge is 0.0843 e. The van der Waals surface area contributed by atoms with Crippen LogP contribution >= 0.6 is 11.6 Å². The molecule has 0 unspecified atom stereocenters. The van der Waals surface area contributed by atoms with Crippen molar-refractivity contribution in [3.63, 3.8) is 0 Å². The second-order valence-corrected chi connectivity index (χ2v) is 13.1. The summed E-state index contributed by atoms with van der Waals surface area (Å²) in [6.07, 6.45) is 0. The van der Waals surface area contributed by atoms with Gasteiger partial charge in [-0.1, -0.05) is 103 Å². The topological polar surface area (TPSA) is 0 Å². The molecule has 0 heterocycles. The van der Waals surface area contributed by atoms with E-state index in [-0.39, 0.29) is 21.8 Å². The van der Waals surface area contributed by atoms with Crippen molar-refractivity contribution in [2.75, 3.05) is 0 Å². The maximum atomic E-state index is 6.01. The first kappa shape index (κ1) is 26.9. The van der Waals surface area contributed by atoms with Gasteiger partial charge in [-0.25, -0.2) is 0 Å². The zero-order chi connectivity index (χ0) is 26.7. The number of hydrogen-bond donors (Lipinski definition) is 0. The van der Waals surface area contributed by atoms with Crippen molar-refractivity contribution in [2.45, 2.75) is 29.4 Å². The summed E-state index contributed by atoms with van der Waals surface area (Å²) in [7, 11) is -0.0962. The van der Waals surface area contributed by atoms with E-state index in [2.05, 4.69) is 164 Å². The molecule has 190 valence electrons. The van der Waals surface area contributed by atoms with Crippen LogP contribution in [-0.2, 0) is 21.8 Å². The van der Waals surface area contributed by atoms with Crippen LogP contribution in [0.4, 0.5) is 0 Å². The molecule has 0 aliphatic carbocycles. The summed E-state index contributed by atoms with van der Waals surface area (Å²) in [5.41, 5.74) is 0. The van der Waals surface area contributed by atoms with Crippen LogP contribution in [0, 0.1) is 0 Å². The van der Waals surface area contributed by atoms with E-state index in [1.54, 1.807) is 0 Å². The molecule has 0 radical (unpaired) electrons. The second kappa shape index (κ2) is 13.9. The Labute approximate surface area is 242 Å². The second-order valence-electron chi connectivity index (χ2n) is 8.63. The molecule has 0 aromatic heterocycles. The molecule has 0 bridgehead atoms. The first-order valence-corrected chi connectivity index (χ1v) is 15.6. The third-order valence-corrected chi connectivity index (χ3v) is 10.7. The van der Waals surface area contributed by atoms with Gasteiger partial charge in [-0.2, -0.15) is 0 Å². The van der Waals surface area contributed by atoms with Gasteiger partial charge in [0.25, 0.3) is 0 Å². The average molecular weight is 561 g/mol. The van der Waals surface area contributed by atoms with Gasteiger partial charge >= 0.3 is 0 Å². The first-order chi connectivity index (χ1) is 19.3. The van der Waals surface area contributed by atoms with Crippen LogP contribution in [0.2, 0.25) is 5.02 Å². The molecule has 0 amide bonds. The zero-order valence-electron chi connectivity index (χ0n) is 21.4. The standard InChI is InChI=1S/C18H14ClS.C18H15S/c19-15-11-13-18(14-12-15)20(16-7-3-1-4-8-16)17-9-5-2-6-10-17;1-4-10-16(11-5-1)19(17-12-6-2-7-13-17)18-14-8-3-9-15-18/h1-14H;1-15H/q2*+1. The van der Waals surface area contributed by atoms with Gasteiger partial charge in [0.15, 0.2) is 29.4 Å². The van der Waals surface area contributed by atoms with Crippen LogP contribution in [0.25, 0.3) is 0 Å². The average Bonchev–Trinajstić information content (AvgIpc) is 3.02. The number of benzene rings is 6. The molecular weight excluding hydrogens is 532 g/mol. The van der Waals surface area contributed by atoms with Gasteiger partial charge in [0.1, 0.15) is 0 Å². The Hall–Kier alpha value is -3.69. The quantitative estimate of drug-likeness (QED) is 0.178. The molecule has 0 atom stereocenters. The van der Waals surface area contributed by atoms with E-state index in [4.69, 9.17) is 11.6 Å². The lowest BCUT2D eigenvalue weighted by Gasteiger charge is -2.07. The summed E-state index contributed by atoms with van der Waals surface area (Å²) < 4.78 is 0. The Balaban J connectivity index is 0.000000158. The van der Waals surface area contributed by atoms with Crippen molar-refractivity contribution in [3.05, 3.63) is 181 Å². The summed E-state index contributed by atoms with van der Waals surface area (Å²) in [4.78, 5) is 8.01. The normalized spacial score (nSPS) is 10.6. The molecule has 6 aromatic carbocycles. The Kier molecular flexibility index (Phi) is 9.60. The summed E-state index contributed by atoms with van der Waals surface area (Å²) >= 11 is 6.01. The van der Waals surface area contributed by atoms with Crippen LogP contribution in [0.3, 0.4) is 0 Å². The molecule has 39 heavy (non-hydrogen) atoms. The van der Waals surface area contributed by atoms with Crippen LogP contribution < -0.4 is 0 Å². The fourth-order valence-electron chi connectivity index (χ4n) is 4.17. The highest BCUT2D eigenvalue weighted by Gasteiger charge is 2.28. The van der Waals surface area contributed by atoms with E-state index in [0.29, 0.717) is 0 Å². The molecule has 0 N–H and O–H groups in total. The predicted octanol–water partition coefficient (Wildman–Crippen LogP) is 10.2. The largest absolute Gasteiger partial charge is 0.166 e. The molecule has 0 saturated carbocycles. The van der Waals surface area contributed by atoms with E-state index in [1.165, 1.54) is 29.4 Å². The molecular formula is C36H29ClS2+2. The summed E-state index contributed by atoms with van der Waals surface area (Å²) in [6, 6.07) is 61.5. The summed E-state index contributed by atoms with van der Waals surface area (Å²) in [5.74, 6) is 0. The van der Waals surface area contributed by atoms with Crippen molar-refractivity contribution in [1.82, 2.24) is 0 Å². The maximum Gasteiger partial charge on any atom is 0.166 e. The Bertz CT molecular complexity index is 1390. The van der Waals surface area contributed by atoms with Gasteiger partial charge in [0.05, 0.1) is 21.8 Å². The lowest BCUT2D eigenvalue weighted by Crippen LogP contribution is -2.04. The highest BCUT2D eigenvalue weighted by atomic mass is 35.5. The minimum Gasteiger partial charge on any atom is -0.0843 e. The molecule has 0 aliphatic rings. The Morgan fingerprint density at radius 2 is 0.462 bits per heavy atom. The molecule has 0 aliphatic heterocycles. The highest BCUT2D eigenvalue weighted by Crippen LogP contribution is 2.32. The molecule has 6 aromatic rings. The minimum atomic E-state index is -0.0815. The van der Waals surface area contributed by atoms with Gasteiger partial charge in [-0.05, 0) is 84.9 Å².